The smallest absolute Gasteiger partial charge is 0.412 e. The van der Waals surface area contributed by atoms with Crippen molar-refractivity contribution in [2.24, 2.45) is 5.41 Å². The molecule has 0 bridgehead atoms. The van der Waals surface area contributed by atoms with E-state index in [0.717, 1.165) is 58.0 Å². The lowest BCUT2D eigenvalue weighted by Crippen LogP contribution is -2.50. The molecule has 2 N–H and O–H groups in total. The molecule has 4 rings (SSSR count). The Morgan fingerprint density at radius 1 is 1.34 bits per heavy atom. The van der Waals surface area contributed by atoms with Crippen LogP contribution < -0.4 is 10.2 Å². The standard InChI is InChI=1S/C23H29ClN4O4/c1-2-12-32-22(31)26-16-13-19(24)20(25-14-16)27-10-3-8-23(15-27)9-11-28(21(23)30)17-4-6-18(29)7-5-17/h1,13-14,17-18,29H,3-12,15H2,(H,26,31)/t17-,18+,23-/m1/s1. The fraction of sp³-hybridized carbons (Fsp3) is 0.609. The number of ether oxygens (including phenoxy) is 1. The molecule has 0 unspecified atom stereocenters. The Morgan fingerprint density at radius 2 is 2.12 bits per heavy atom. The van der Waals surface area contributed by atoms with Gasteiger partial charge < -0.3 is 19.6 Å². The molecule has 172 valence electrons. The molecule has 2 saturated heterocycles. The number of aromatic nitrogens is 1. The maximum Gasteiger partial charge on any atom is 0.412 e. The molecule has 9 heteroatoms. The molecule has 3 heterocycles. The van der Waals surface area contributed by atoms with E-state index in [1.165, 1.54) is 6.20 Å². The van der Waals surface area contributed by atoms with Crippen molar-refractivity contribution < 1.29 is 19.4 Å². The van der Waals surface area contributed by atoms with Gasteiger partial charge in [0.05, 0.1) is 28.4 Å². The van der Waals surface area contributed by atoms with Crippen molar-refractivity contribution in [3.63, 3.8) is 0 Å². The van der Waals surface area contributed by atoms with Crippen LogP contribution in [0, 0.1) is 17.8 Å². The van der Waals surface area contributed by atoms with Crippen molar-refractivity contribution in [3.05, 3.63) is 17.3 Å². The summed E-state index contributed by atoms with van der Waals surface area (Å²) < 4.78 is 4.80. The zero-order valence-electron chi connectivity index (χ0n) is 18.1. The molecular formula is C23H29ClN4O4. The Morgan fingerprint density at radius 3 is 2.84 bits per heavy atom. The average Bonchev–Trinajstić information content (AvgIpc) is 3.08. The van der Waals surface area contributed by atoms with Crippen LogP contribution in [0.2, 0.25) is 5.02 Å². The molecule has 1 aromatic rings. The SMILES string of the molecule is C#CCOC(=O)Nc1cnc(N2CCC[C@@]3(CCN([C@H]4CC[C@@H](O)CC4)C3=O)C2)c(Cl)c1. The van der Waals surface area contributed by atoms with Gasteiger partial charge in [-0.2, -0.15) is 0 Å². The van der Waals surface area contributed by atoms with Crippen molar-refractivity contribution in [2.45, 2.75) is 57.1 Å². The van der Waals surface area contributed by atoms with Crippen LogP contribution in [0.5, 0.6) is 0 Å². The molecule has 1 atom stereocenters. The highest BCUT2D eigenvalue weighted by molar-refractivity contribution is 6.33. The monoisotopic (exact) mass is 460 g/mol. The number of carbonyl (C=O) groups is 2. The summed E-state index contributed by atoms with van der Waals surface area (Å²) in [7, 11) is 0. The number of carbonyl (C=O) groups excluding carboxylic acids is 2. The van der Waals surface area contributed by atoms with Gasteiger partial charge in [-0.3, -0.25) is 10.1 Å². The van der Waals surface area contributed by atoms with Gasteiger partial charge in [0, 0.05) is 25.7 Å². The predicted octanol–water partition coefficient (Wildman–Crippen LogP) is 3.04. The van der Waals surface area contributed by atoms with Gasteiger partial charge in [0.1, 0.15) is 5.82 Å². The minimum Gasteiger partial charge on any atom is -0.436 e. The fourth-order valence-electron chi connectivity index (χ4n) is 5.25. The number of nitrogens with one attached hydrogen (secondary N) is 1. The summed E-state index contributed by atoms with van der Waals surface area (Å²) >= 11 is 6.50. The van der Waals surface area contributed by atoms with E-state index < -0.39 is 11.5 Å². The van der Waals surface area contributed by atoms with Crippen LogP contribution in [0.15, 0.2) is 12.3 Å². The average molecular weight is 461 g/mol. The zero-order valence-corrected chi connectivity index (χ0v) is 18.8. The third-order valence-corrected chi connectivity index (χ3v) is 7.16. The van der Waals surface area contributed by atoms with Gasteiger partial charge in [0.2, 0.25) is 5.91 Å². The molecular weight excluding hydrogens is 432 g/mol. The molecule has 1 aliphatic carbocycles. The highest BCUT2D eigenvalue weighted by atomic mass is 35.5. The van der Waals surface area contributed by atoms with Crippen molar-refractivity contribution >= 4 is 35.1 Å². The summed E-state index contributed by atoms with van der Waals surface area (Å²) in [5.41, 5.74) is 0.00466. The first kappa shape index (κ1) is 22.7. The van der Waals surface area contributed by atoms with Gasteiger partial charge >= 0.3 is 6.09 Å². The van der Waals surface area contributed by atoms with E-state index >= 15 is 0 Å². The lowest BCUT2D eigenvalue weighted by Gasteiger charge is -2.41. The summed E-state index contributed by atoms with van der Waals surface area (Å²) in [6.45, 7) is 2.01. The van der Waals surface area contributed by atoms with Gasteiger partial charge in [0.25, 0.3) is 0 Å². The highest BCUT2D eigenvalue weighted by Gasteiger charge is 2.51. The minimum absolute atomic E-state index is 0.118. The van der Waals surface area contributed by atoms with Gasteiger partial charge in [-0.25, -0.2) is 9.78 Å². The van der Waals surface area contributed by atoms with Crippen LogP contribution in [-0.4, -0.2) is 65.4 Å². The number of piperidine rings is 1. The topological polar surface area (TPSA) is 95.0 Å². The first-order valence-electron chi connectivity index (χ1n) is 11.2. The summed E-state index contributed by atoms with van der Waals surface area (Å²) in [6, 6.07) is 1.86. The number of pyridine rings is 1. The van der Waals surface area contributed by atoms with Crippen LogP contribution in [0.25, 0.3) is 0 Å². The number of rotatable bonds is 4. The van der Waals surface area contributed by atoms with E-state index in [1.54, 1.807) is 6.07 Å². The van der Waals surface area contributed by atoms with Crippen LogP contribution in [-0.2, 0) is 9.53 Å². The Balaban J connectivity index is 1.43. The zero-order chi connectivity index (χ0) is 22.7. The molecule has 32 heavy (non-hydrogen) atoms. The Labute approximate surface area is 193 Å². The number of hydrogen-bond acceptors (Lipinski definition) is 6. The number of aliphatic hydroxyl groups excluding tert-OH is 1. The second-order valence-electron chi connectivity index (χ2n) is 8.95. The molecule has 3 fully saturated rings. The molecule has 1 spiro atoms. The van der Waals surface area contributed by atoms with Crippen molar-refractivity contribution in [3.8, 4) is 12.3 Å². The number of terminal acetylenes is 1. The van der Waals surface area contributed by atoms with Gasteiger partial charge in [0.15, 0.2) is 6.61 Å². The first-order valence-corrected chi connectivity index (χ1v) is 11.6. The third-order valence-electron chi connectivity index (χ3n) is 6.88. The highest BCUT2D eigenvalue weighted by Crippen LogP contribution is 2.44. The van der Waals surface area contributed by atoms with E-state index in [0.29, 0.717) is 23.1 Å². The van der Waals surface area contributed by atoms with E-state index in [4.69, 9.17) is 22.8 Å². The number of anilines is 2. The number of aliphatic hydroxyl groups is 1. The number of nitrogens with zero attached hydrogens (tertiary/aromatic N) is 3. The normalized spacial score (nSPS) is 28.0. The number of hydrogen-bond donors (Lipinski definition) is 2. The molecule has 1 aromatic heterocycles. The number of halogens is 1. The van der Waals surface area contributed by atoms with Crippen LogP contribution in [0.4, 0.5) is 16.3 Å². The maximum atomic E-state index is 13.5. The Bertz CT molecular complexity index is 912. The van der Waals surface area contributed by atoms with Crippen molar-refractivity contribution in [2.75, 3.05) is 36.5 Å². The maximum absolute atomic E-state index is 13.5. The fourth-order valence-corrected chi connectivity index (χ4v) is 5.54. The lowest BCUT2D eigenvalue weighted by molar-refractivity contribution is -0.139. The molecule has 2 amide bonds. The number of likely N-dealkylation sites (tertiary alicyclic amines) is 1. The summed E-state index contributed by atoms with van der Waals surface area (Å²) in [5, 5.41) is 12.8. The first-order chi connectivity index (χ1) is 15.4. The Kier molecular flexibility index (Phi) is 6.77. The van der Waals surface area contributed by atoms with Crippen molar-refractivity contribution in [1.29, 1.82) is 0 Å². The summed E-state index contributed by atoms with van der Waals surface area (Å²) in [4.78, 5) is 33.8. The van der Waals surface area contributed by atoms with Gasteiger partial charge in [-0.1, -0.05) is 17.5 Å². The van der Waals surface area contributed by atoms with Gasteiger partial charge in [-0.15, -0.1) is 6.42 Å². The molecule has 8 nitrogen and oxygen atoms in total. The summed E-state index contributed by atoms with van der Waals surface area (Å²) in [5.74, 6) is 3.07. The minimum atomic E-state index is -0.669. The van der Waals surface area contributed by atoms with E-state index in [9.17, 15) is 14.7 Å². The second kappa shape index (κ2) is 9.55. The summed E-state index contributed by atoms with van der Waals surface area (Å²) in [6.07, 6.45) is 11.6. The molecule has 2 aliphatic heterocycles. The van der Waals surface area contributed by atoms with Crippen LogP contribution >= 0.6 is 11.6 Å². The molecule has 3 aliphatic rings. The molecule has 1 saturated carbocycles. The lowest BCUT2D eigenvalue weighted by atomic mass is 9.78. The van der Waals surface area contributed by atoms with E-state index in [1.807, 2.05) is 0 Å². The van der Waals surface area contributed by atoms with Crippen molar-refractivity contribution in [1.82, 2.24) is 9.88 Å². The van der Waals surface area contributed by atoms with Gasteiger partial charge in [-0.05, 0) is 51.0 Å². The molecule has 0 radical (unpaired) electrons. The molecule has 0 aromatic carbocycles. The predicted molar refractivity (Wildman–Crippen MR) is 122 cm³/mol. The second-order valence-corrected chi connectivity index (χ2v) is 9.36. The van der Waals surface area contributed by atoms with E-state index in [-0.39, 0.29) is 24.7 Å². The largest absolute Gasteiger partial charge is 0.436 e. The number of amides is 2. The Hall–Kier alpha value is -2.50. The van der Waals surface area contributed by atoms with Crippen LogP contribution in [0.1, 0.15) is 44.9 Å². The quantitative estimate of drug-likeness (QED) is 0.670. The van der Waals surface area contributed by atoms with E-state index in [2.05, 4.69) is 26.0 Å². The third kappa shape index (κ3) is 4.64. The van der Waals surface area contributed by atoms with Crippen LogP contribution in [0.3, 0.4) is 0 Å².